The number of hydrogen-bond acceptors (Lipinski definition) is 2. The van der Waals surface area contributed by atoms with E-state index in [2.05, 4.69) is 9.80 Å². The van der Waals surface area contributed by atoms with Crippen molar-refractivity contribution in [1.29, 1.82) is 0 Å². The van der Waals surface area contributed by atoms with E-state index in [0.717, 1.165) is 23.9 Å². The van der Waals surface area contributed by atoms with Crippen molar-refractivity contribution < 1.29 is 15.9 Å². The van der Waals surface area contributed by atoms with E-state index in [9.17, 15) is 0 Å². The molecule has 0 unspecified atom stereocenters. The Morgan fingerprint density at radius 1 is 0.750 bits per heavy atom. The molecule has 4 rings (SSSR count). The molecule has 0 saturated carbocycles. The summed E-state index contributed by atoms with van der Waals surface area (Å²) < 4.78 is 0. The van der Waals surface area contributed by atoms with Gasteiger partial charge < -0.3 is 0 Å². The van der Waals surface area contributed by atoms with Crippen LogP contribution in [0.2, 0.25) is 0 Å². The van der Waals surface area contributed by atoms with Gasteiger partial charge in [0.2, 0.25) is 0 Å². The van der Waals surface area contributed by atoms with Gasteiger partial charge in [-0.05, 0) is 57.0 Å². The fourth-order valence-corrected chi connectivity index (χ4v) is 5.25. The Morgan fingerprint density at radius 3 is 1.65 bits per heavy atom. The summed E-state index contributed by atoms with van der Waals surface area (Å²) >= 11 is -0.106. The molecule has 4 fully saturated rings. The van der Waals surface area contributed by atoms with Crippen LogP contribution in [0.5, 0.6) is 0 Å². The van der Waals surface area contributed by atoms with Gasteiger partial charge >= 0.3 is 35.0 Å². The predicted molar refractivity (Wildman–Crippen MR) is 81.7 cm³/mol. The molecule has 5 heteroatoms. The molecule has 20 heavy (non-hydrogen) atoms. The fraction of sp³-hybridized carbons (Fsp3) is 1.00. The van der Waals surface area contributed by atoms with Crippen molar-refractivity contribution in [2.75, 3.05) is 26.2 Å². The van der Waals surface area contributed by atoms with Crippen molar-refractivity contribution >= 4 is 19.1 Å². The van der Waals surface area contributed by atoms with E-state index in [1.165, 1.54) is 64.7 Å². The van der Waals surface area contributed by atoms with Crippen LogP contribution in [0, 0.1) is 11.8 Å². The van der Waals surface area contributed by atoms with Crippen LogP contribution in [0.25, 0.3) is 0 Å². The van der Waals surface area contributed by atoms with Gasteiger partial charge in [-0.2, -0.15) is 0 Å². The van der Waals surface area contributed by atoms with Gasteiger partial charge in [0.25, 0.3) is 0 Å². The van der Waals surface area contributed by atoms with Gasteiger partial charge in [-0.25, -0.2) is 0 Å². The standard InChI is InChI=1S/C15H26N2.2ClH.Pd/c1-3-7-16-11-13-9-12(14(16)5-1)10-17-8-4-2-6-15(13)17;;;/h12-15H,1-11H2;2*1H;/q;;;+2/p-2/t12-,13-,14-,15+;;;/m1.../s1. The Labute approximate surface area is 139 Å². The first-order valence-corrected chi connectivity index (χ1v) is 12.1. The second-order valence-electron chi connectivity index (χ2n) is 6.92. The summed E-state index contributed by atoms with van der Waals surface area (Å²) in [6.07, 6.45) is 10.5. The molecule has 4 heterocycles. The summed E-state index contributed by atoms with van der Waals surface area (Å²) in [5.41, 5.74) is 0. The molecule has 0 aromatic heterocycles. The molecule has 0 spiro atoms. The average molecular weight is 412 g/mol. The van der Waals surface area contributed by atoms with Crippen molar-refractivity contribution in [1.82, 2.24) is 9.80 Å². The van der Waals surface area contributed by atoms with Crippen LogP contribution in [0.3, 0.4) is 0 Å². The maximum atomic E-state index is 4.81. The molecule has 0 aromatic rings. The molecule has 4 atom stereocenters. The third-order valence-corrected chi connectivity index (χ3v) is 5.96. The van der Waals surface area contributed by atoms with E-state index in [1.807, 2.05) is 0 Å². The number of piperidine rings is 4. The van der Waals surface area contributed by atoms with Crippen molar-refractivity contribution in [3.63, 3.8) is 0 Å². The molecular weight excluding hydrogens is 386 g/mol. The van der Waals surface area contributed by atoms with Crippen LogP contribution < -0.4 is 0 Å². The first-order chi connectivity index (χ1) is 9.83. The molecule has 0 N–H and O–H groups in total. The van der Waals surface area contributed by atoms with E-state index in [1.54, 1.807) is 6.42 Å². The Morgan fingerprint density at radius 2 is 1.20 bits per heavy atom. The number of rotatable bonds is 0. The van der Waals surface area contributed by atoms with Crippen molar-refractivity contribution in [3.05, 3.63) is 0 Å². The molecule has 120 valence electrons. The van der Waals surface area contributed by atoms with Crippen LogP contribution in [0.15, 0.2) is 0 Å². The number of halogens is 2. The molecule has 4 aliphatic rings. The third kappa shape index (κ3) is 3.39. The molecular formula is C15H26Cl2N2Pd. The Hall–Kier alpha value is 1.16. The SMILES string of the molecule is C1CCN2C[C@H]3C[C@H](CN4CCCC[C@@H]34)[C@H]2C1.[Cl][Pd][Cl]. The number of hydrogen-bond donors (Lipinski definition) is 0. The van der Waals surface area contributed by atoms with Crippen LogP contribution >= 0.6 is 19.1 Å². The van der Waals surface area contributed by atoms with Gasteiger partial charge in [-0.15, -0.1) is 0 Å². The minimum atomic E-state index is -0.106. The molecule has 4 saturated heterocycles. The van der Waals surface area contributed by atoms with Crippen molar-refractivity contribution in [2.24, 2.45) is 11.8 Å². The van der Waals surface area contributed by atoms with E-state index < -0.39 is 0 Å². The summed E-state index contributed by atoms with van der Waals surface area (Å²) in [6, 6.07) is 1.92. The zero-order valence-electron chi connectivity index (χ0n) is 12.1. The quantitative estimate of drug-likeness (QED) is 0.561. The van der Waals surface area contributed by atoms with Crippen molar-refractivity contribution in [2.45, 2.75) is 57.0 Å². The zero-order chi connectivity index (χ0) is 13.9. The summed E-state index contributed by atoms with van der Waals surface area (Å²) in [5, 5.41) is 0. The van der Waals surface area contributed by atoms with E-state index in [0.29, 0.717) is 0 Å². The van der Waals surface area contributed by atoms with Gasteiger partial charge in [0.1, 0.15) is 0 Å². The van der Waals surface area contributed by atoms with Gasteiger partial charge in [-0.3, -0.25) is 9.80 Å². The second kappa shape index (κ2) is 7.62. The van der Waals surface area contributed by atoms with E-state index in [-0.39, 0.29) is 15.9 Å². The summed E-state index contributed by atoms with van der Waals surface area (Å²) in [7, 11) is 9.63. The van der Waals surface area contributed by atoms with Crippen LogP contribution in [-0.2, 0) is 15.9 Å². The number of fused-ring (bicyclic) bond motifs is 6. The van der Waals surface area contributed by atoms with E-state index in [4.69, 9.17) is 19.1 Å². The molecule has 2 nitrogen and oxygen atoms in total. The van der Waals surface area contributed by atoms with Crippen LogP contribution in [0.4, 0.5) is 0 Å². The predicted octanol–water partition coefficient (Wildman–Crippen LogP) is 3.72. The minimum absolute atomic E-state index is 0.106. The van der Waals surface area contributed by atoms with Gasteiger partial charge in [0.05, 0.1) is 0 Å². The maximum absolute atomic E-state index is 4.81. The molecule has 0 amide bonds. The molecule has 4 aliphatic heterocycles. The Kier molecular flexibility index (Phi) is 6.11. The summed E-state index contributed by atoms with van der Waals surface area (Å²) in [5.74, 6) is 2.03. The van der Waals surface area contributed by atoms with Gasteiger partial charge in [-0.1, -0.05) is 12.8 Å². The monoisotopic (exact) mass is 410 g/mol. The molecule has 0 aliphatic carbocycles. The number of nitrogens with zero attached hydrogens (tertiary/aromatic N) is 2. The first-order valence-electron chi connectivity index (χ1n) is 8.14. The third-order valence-electron chi connectivity index (χ3n) is 5.96. The Balaban J connectivity index is 0.000000373. The van der Waals surface area contributed by atoms with E-state index >= 15 is 0 Å². The normalized spacial score (nSPS) is 41.3. The van der Waals surface area contributed by atoms with Crippen LogP contribution in [-0.4, -0.2) is 48.1 Å². The fourth-order valence-electron chi connectivity index (χ4n) is 5.25. The molecule has 0 radical (unpaired) electrons. The Bertz CT molecular complexity index is 290. The average Bonchev–Trinajstić information content (AvgIpc) is 2.48. The molecule has 0 aromatic carbocycles. The second-order valence-corrected chi connectivity index (χ2v) is 9.28. The topological polar surface area (TPSA) is 6.48 Å². The zero-order valence-corrected chi connectivity index (χ0v) is 15.1. The first kappa shape index (κ1) is 16.0. The van der Waals surface area contributed by atoms with Gasteiger partial charge in [0.15, 0.2) is 0 Å². The van der Waals surface area contributed by atoms with Gasteiger partial charge in [0, 0.05) is 25.2 Å². The van der Waals surface area contributed by atoms with Crippen LogP contribution in [0.1, 0.15) is 44.9 Å². The van der Waals surface area contributed by atoms with Crippen molar-refractivity contribution in [3.8, 4) is 0 Å². The summed E-state index contributed by atoms with van der Waals surface area (Å²) in [4.78, 5) is 5.74. The molecule has 2 bridgehead atoms. The summed E-state index contributed by atoms with van der Waals surface area (Å²) in [6.45, 7) is 5.68.